The Bertz CT molecular complexity index is 619. The van der Waals surface area contributed by atoms with E-state index in [1.54, 1.807) is 12.1 Å². The first-order valence-electron chi connectivity index (χ1n) is 5.98. The molecule has 2 aromatic carbocycles. The van der Waals surface area contributed by atoms with Crippen LogP contribution in [0.4, 0.5) is 8.78 Å². The largest absolute Gasteiger partial charge is 0.388 e. The smallest absolute Gasteiger partial charge is 0.143 e. The monoisotopic (exact) mass is 358 g/mol. The van der Waals surface area contributed by atoms with Crippen LogP contribution < -0.4 is 0 Å². The van der Waals surface area contributed by atoms with Gasteiger partial charge in [-0.3, -0.25) is 0 Å². The predicted octanol–water partition coefficient (Wildman–Crippen LogP) is 4.73. The van der Waals surface area contributed by atoms with Crippen LogP contribution in [-0.4, -0.2) is 11.4 Å². The zero-order valence-electron chi connectivity index (χ0n) is 10.7. The summed E-state index contributed by atoms with van der Waals surface area (Å²) in [4.78, 5) is 0.899. The molecule has 0 aliphatic carbocycles. The first kappa shape index (κ1) is 15.5. The summed E-state index contributed by atoms with van der Waals surface area (Å²) in [6.07, 6.45) is 0.845. The third-order valence-corrected chi connectivity index (χ3v) is 4.46. The molecule has 0 aliphatic heterocycles. The first-order valence-corrected chi connectivity index (χ1v) is 7.99. The standard InChI is InChI=1S/C15H13BrF2OS/c1-20-14-5-3-2-4-9(14)13(19)8-10-12(17)7-6-11(16)15(10)18/h2-7,13,19H,8H2,1H3. The first-order chi connectivity index (χ1) is 9.54. The van der Waals surface area contributed by atoms with E-state index in [9.17, 15) is 13.9 Å². The maximum atomic E-state index is 13.9. The molecule has 106 valence electrons. The molecule has 1 unspecified atom stereocenters. The molecule has 1 atom stereocenters. The van der Waals surface area contributed by atoms with Gasteiger partial charge in [-0.15, -0.1) is 11.8 Å². The molecular weight excluding hydrogens is 346 g/mol. The van der Waals surface area contributed by atoms with Crippen molar-refractivity contribution in [3.8, 4) is 0 Å². The molecular formula is C15H13BrF2OS. The van der Waals surface area contributed by atoms with Crippen molar-refractivity contribution in [2.75, 3.05) is 6.26 Å². The average molecular weight is 359 g/mol. The summed E-state index contributed by atoms with van der Waals surface area (Å²) in [7, 11) is 0. The molecule has 0 radical (unpaired) electrons. The molecule has 0 heterocycles. The van der Waals surface area contributed by atoms with E-state index in [1.807, 2.05) is 18.4 Å². The van der Waals surface area contributed by atoms with E-state index in [-0.39, 0.29) is 16.5 Å². The molecule has 5 heteroatoms. The lowest BCUT2D eigenvalue weighted by Gasteiger charge is -2.15. The molecule has 0 spiro atoms. The third kappa shape index (κ3) is 3.22. The SMILES string of the molecule is CSc1ccccc1C(O)Cc1c(F)ccc(Br)c1F. The number of benzene rings is 2. The fourth-order valence-corrected chi connectivity index (χ4v) is 3.03. The molecule has 20 heavy (non-hydrogen) atoms. The number of aliphatic hydroxyl groups is 1. The van der Waals surface area contributed by atoms with E-state index < -0.39 is 17.7 Å². The van der Waals surface area contributed by atoms with Gasteiger partial charge < -0.3 is 5.11 Å². The van der Waals surface area contributed by atoms with Crippen LogP contribution in [0.25, 0.3) is 0 Å². The number of hydrogen-bond donors (Lipinski definition) is 1. The third-order valence-electron chi connectivity index (χ3n) is 3.03. The molecule has 0 saturated heterocycles. The average Bonchev–Trinajstić information content (AvgIpc) is 2.47. The lowest BCUT2D eigenvalue weighted by molar-refractivity contribution is 0.172. The highest BCUT2D eigenvalue weighted by Crippen LogP contribution is 2.30. The van der Waals surface area contributed by atoms with Crippen LogP contribution in [0.5, 0.6) is 0 Å². The van der Waals surface area contributed by atoms with E-state index >= 15 is 0 Å². The summed E-state index contributed by atoms with van der Waals surface area (Å²) in [5.41, 5.74) is 0.571. The number of halogens is 3. The Balaban J connectivity index is 2.33. The van der Waals surface area contributed by atoms with Crippen molar-refractivity contribution in [2.45, 2.75) is 17.4 Å². The molecule has 0 saturated carbocycles. The fraction of sp³-hybridized carbons (Fsp3) is 0.200. The molecule has 0 aliphatic rings. The minimum atomic E-state index is -0.947. The highest BCUT2D eigenvalue weighted by atomic mass is 79.9. The zero-order chi connectivity index (χ0) is 14.7. The van der Waals surface area contributed by atoms with Gasteiger partial charge >= 0.3 is 0 Å². The minimum Gasteiger partial charge on any atom is -0.388 e. The molecule has 1 N–H and O–H groups in total. The Morgan fingerprint density at radius 2 is 1.90 bits per heavy atom. The summed E-state index contributed by atoms with van der Waals surface area (Å²) < 4.78 is 27.8. The van der Waals surface area contributed by atoms with Gasteiger partial charge in [0.15, 0.2) is 0 Å². The Kier molecular flexibility index (Phi) is 5.18. The van der Waals surface area contributed by atoms with Crippen LogP contribution in [0.1, 0.15) is 17.2 Å². The van der Waals surface area contributed by atoms with Crippen molar-refractivity contribution < 1.29 is 13.9 Å². The quantitative estimate of drug-likeness (QED) is 0.629. The lowest BCUT2D eigenvalue weighted by Crippen LogP contribution is -2.07. The van der Waals surface area contributed by atoms with Crippen molar-refractivity contribution >= 4 is 27.7 Å². The Hall–Kier alpha value is -0.910. The Morgan fingerprint density at radius 1 is 1.20 bits per heavy atom. The van der Waals surface area contributed by atoms with Crippen molar-refractivity contribution in [2.24, 2.45) is 0 Å². The van der Waals surface area contributed by atoms with Gasteiger partial charge in [0, 0.05) is 16.9 Å². The fourth-order valence-electron chi connectivity index (χ4n) is 2.00. The zero-order valence-corrected chi connectivity index (χ0v) is 13.1. The van der Waals surface area contributed by atoms with E-state index in [2.05, 4.69) is 15.9 Å². The normalized spacial score (nSPS) is 12.4. The number of hydrogen-bond acceptors (Lipinski definition) is 2. The highest BCUT2D eigenvalue weighted by Gasteiger charge is 2.19. The van der Waals surface area contributed by atoms with Crippen molar-refractivity contribution in [1.82, 2.24) is 0 Å². The highest BCUT2D eigenvalue weighted by molar-refractivity contribution is 9.10. The van der Waals surface area contributed by atoms with Crippen LogP contribution in [0.3, 0.4) is 0 Å². The molecule has 1 nitrogen and oxygen atoms in total. The molecule has 0 aromatic heterocycles. The molecule has 0 bridgehead atoms. The number of thioether (sulfide) groups is 1. The summed E-state index contributed by atoms with van der Waals surface area (Å²) in [6.45, 7) is 0. The predicted molar refractivity (Wildman–Crippen MR) is 80.9 cm³/mol. The van der Waals surface area contributed by atoms with E-state index in [0.29, 0.717) is 5.56 Å². The van der Waals surface area contributed by atoms with Gasteiger partial charge in [-0.25, -0.2) is 8.78 Å². The second-order valence-electron chi connectivity index (χ2n) is 4.28. The van der Waals surface area contributed by atoms with Crippen LogP contribution in [0.15, 0.2) is 45.8 Å². The minimum absolute atomic E-state index is 0.103. The van der Waals surface area contributed by atoms with Gasteiger partial charge in [0.25, 0.3) is 0 Å². The molecule has 0 amide bonds. The Labute approximate surface area is 129 Å². The van der Waals surface area contributed by atoms with Gasteiger partial charge in [0.05, 0.1) is 10.6 Å². The van der Waals surface area contributed by atoms with Crippen LogP contribution >= 0.6 is 27.7 Å². The van der Waals surface area contributed by atoms with Gasteiger partial charge in [-0.2, -0.15) is 0 Å². The second kappa shape index (κ2) is 6.70. The van der Waals surface area contributed by atoms with Crippen molar-refractivity contribution in [3.05, 3.63) is 63.6 Å². The van der Waals surface area contributed by atoms with E-state index in [0.717, 1.165) is 4.90 Å². The molecule has 2 rings (SSSR count). The summed E-state index contributed by atoms with van der Waals surface area (Å²) >= 11 is 4.52. The van der Waals surface area contributed by atoms with Crippen LogP contribution in [0.2, 0.25) is 0 Å². The second-order valence-corrected chi connectivity index (χ2v) is 5.99. The Morgan fingerprint density at radius 3 is 2.60 bits per heavy atom. The summed E-state index contributed by atoms with van der Waals surface area (Å²) in [5, 5.41) is 10.3. The topological polar surface area (TPSA) is 20.2 Å². The maximum absolute atomic E-state index is 13.9. The molecule has 0 fully saturated rings. The van der Waals surface area contributed by atoms with Gasteiger partial charge in [-0.1, -0.05) is 18.2 Å². The summed E-state index contributed by atoms with van der Waals surface area (Å²) in [5.74, 6) is -1.31. The summed E-state index contributed by atoms with van der Waals surface area (Å²) in [6, 6.07) is 9.81. The number of rotatable bonds is 4. The van der Waals surface area contributed by atoms with Crippen LogP contribution in [0, 0.1) is 11.6 Å². The maximum Gasteiger partial charge on any atom is 0.143 e. The van der Waals surface area contributed by atoms with Gasteiger partial charge in [0.1, 0.15) is 11.6 Å². The van der Waals surface area contributed by atoms with E-state index in [4.69, 9.17) is 0 Å². The van der Waals surface area contributed by atoms with Crippen molar-refractivity contribution in [3.63, 3.8) is 0 Å². The lowest BCUT2D eigenvalue weighted by atomic mass is 10.0. The number of aliphatic hydroxyl groups excluding tert-OH is 1. The van der Waals surface area contributed by atoms with Crippen molar-refractivity contribution in [1.29, 1.82) is 0 Å². The van der Waals surface area contributed by atoms with Gasteiger partial charge in [-0.05, 0) is 45.9 Å². The van der Waals surface area contributed by atoms with Crippen LogP contribution in [-0.2, 0) is 6.42 Å². The van der Waals surface area contributed by atoms with E-state index in [1.165, 1.54) is 23.9 Å². The van der Waals surface area contributed by atoms with Gasteiger partial charge in [0.2, 0.25) is 0 Å². The molecule has 2 aromatic rings.